The molecule has 0 bridgehead atoms. The topological polar surface area (TPSA) is 53.6 Å². The molecule has 0 atom stereocenters. The van der Waals surface area contributed by atoms with Crippen molar-refractivity contribution in [3.63, 3.8) is 0 Å². The average Bonchev–Trinajstić information content (AvgIpc) is 2.68. The number of amides is 2. The molecule has 2 aliphatic rings. The zero-order valence-electron chi connectivity index (χ0n) is 15.4. The van der Waals surface area contributed by atoms with E-state index >= 15 is 0 Å². The highest BCUT2D eigenvalue weighted by atomic mass is 16.5. The van der Waals surface area contributed by atoms with Crippen molar-refractivity contribution in [2.24, 2.45) is 0 Å². The quantitative estimate of drug-likeness (QED) is 0.848. The van der Waals surface area contributed by atoms with Crippen molar-refractivity contribution in [1.82, 2.24) is 10.2 Å². The zero-order valence-corrected chi connectivity index (χ0v) is 15.4. The molecule has 0 radical (unpaired) electrons. The highest BCUT2D eigenvalue weighted by Gasteiger charge is 2.38. The standard InChI is InChI=1S/C20H31N3O2/c1-25-18-10-8-9-17(15-18)22-19(24)21-16-20(11-4-2-5-12-20)23-13-6-3-7-14-23/h8-10,15H,2-7,11-14,16H2,1H3,(H2,21,22,24). The summed E-state index contributed by atoms with van der Waals surface area (Å²) in [6.45, 7) is 3.10. The van der Waals surface area contributed by atoms with E-state index in [-0.39, 0.29) is 11.6 Å². The third kappa shape index (κ3) is 4.66. The van der Waals surface area contributed by atoms with Crippen LogP contribution in [0.5, 0.6) is 5.75 Å². The Bertz CT molecular complexity index is 564. The number of carbonyl (C=O) groups excluding carboxylic acids is 1. The Morgan fingerprint density at radius 1 is 1.12 bits per heavy atom. The SMILES string of the molecule is COc1cccc(NC(=O)NCC2(N3CCCCC3)CCCCC2)c1. The van der Waals surface area contributed by atoms with Gasteiger partial charge in [-0.3, -0.25) is 4.90 Å². The van der Waals surface area contributed by atoms with Crippen LogP contribution in [0, 0.1) is 0 Å². The van der Waals surface area contributed by atoms with Gasteiger partial charge in [-0.05, 0) is 50.9 Å². The molecular weight excluding hydrogens is 314 g/mol. The second kappa shape index (κ2) is 8.56. The van der Waals surface area contributed by atoms with Crippen LogP contribution in [0.15, 0.2) is 24.3 Å². The van der Waals surface area contributed by atoms with Crippen LogP contribution in [-0.4, -0.2) is 43.2 Å². The van der Waals surface area contributed by atoms with E-state index in [2.05, 4.69) is 15.5 Å². The average molecular weight is 345 g/mol. The van der Waals surface area contributed by atoms with E-state index in [1.54, 1.807) is 7.11 Å². The number of nitrogens with one attached hydrogen (secondary N) is 2. The maximum atomic E-state index is 12.4. The summed E-state index contributed by atoms with van der Waals surface area (Å²) in [7, 11) is 1.63. The van der Waals surface area contributed by atoms with Crippen LogP contribution in [0.25, 0.3) is 0 Å². The molecule has 3 rings (SSSR count). The van der Waals surface area contributed by atoms with Crippen LogP contribution >= 0.6 is 0 Å². The van der Waals surface area contributed by atoms with Crippen LogP contribution in [0.3, 0.4) is 0 Å². The summed E-state index contributed by atoms with van der Waals surface area (Å²) in [6.07, 6.45) is 10.2. The first-order valence-corrected chi connectivity index (χ1v) is 9.66. The van der Waals surface area contributed by atoms with Gasteiger partial charge in [-0.25, -0.2) is 4.79 Å². The molecule has 1 saturated carbocycles. The number of methoxy groups -OCH3 is 1. The van der Waals surface area contributed by atoms with Crippen LogP contribution < -0.4 is 15.4 Å². The number of anilines is 1. The number of hydrogen-bond acceptors (Lipinski definition) is 3. The molecule has 0 aromatic heterocycles. The lowest BCUT2D eigenvalue weighted by molar-refractivity contribution is 0.0358. The highest BCUT2D eigenvalue weighted by molar-refractivity contribution is 5.89. The van der Waals surface area contributed by atoms with Crippen LogP contribution in [-0.2, 0) is 0 Å². The van der Waals surface area contributed by atoms with Gasteiger partial charge in [-0.15, -0.1) is 0 Å². The van der Waals surface area contributed by atoms with Gasteiger partial charge in [-0.1, -0.05) is 31.7 Å². The summed E-state index contributed by atoms with van der Waals surface area (Å²) in [5.41, 5.74) is 0.914. The molecule has 1 aromatic rings. The van der Waals surface area contributed by atoms with Crippen molar-refractivity contribution in [3.05, 3.63) is 24.3 Å². The maximum Gasteiger partial charge on any atom is 0.319 e. The number of carbonyl (C=O) groups is 1. The summed E-state index contributed by atoms with van der Waals surface area (Å²) in [6, 6.07) is 7.33. The minimum Gasteiger partial charge on any atom is -0.497 e. The molecule has 2 amide bonds. The number of likely N-dealkylation sites (tertiary alicyclic amines) is 1. The third-order valence-electron chi connectivity index (χ3n) is 5.72. The first-order chi connectivity index (χ1) is 12.2. The van der Waals surface area contributed by atoms with Gasteiger partial charge in [0.15, 0.2) is 0 Å². The molecule has 1 aliphatic carbocycles. The maximum absolute atomic E-state index is 12.4. The molecular formula is C20H31N3O2. The summed E-state index contributed by atoms with van der Waals surface area (Å²) in [5, 5.41) is 6.07. The summed E-state index contributed by atoms with van der Waals surface area (Å²) in [5.74, 6) is 0.745. The van der Waals surface area contributed by atoms with Crippen molar-refractivity contribution >= 4 is 11.7 Å². The lowest BCUT2D eigenvalue weighted by Gasteiger charge is -2.48. The number of rotatable bonds is 5. The van der Waals surface area contributed by atoms with Crippen LogP contribution in [0.4, 0.5) is 10.5 Å². The van der Waals surface area contributed by atoms with Gasteiger partial charge >= 0.3 is 6.03 Å². The smallest absolute Gasteiger partial charge is 0.319 e. The van der Waals surface area contributed by atoms with Gasteiger partial charge in [0.2, 0.25) is 0 Å². The Kier molecular flexibility index (Phi) is 6.19. The Morgan fingerprint density at radius 3 is 2.56 bits per heavy atom. The Balaban J connectivity index is 1.59. The van der Waals surface area contributed by atoms with Gasteiger partial charge in [0.25, 0.3) is 0 Å². The molecule has 1 aromatic carbocycles. The lowest BCUT2D eigenvalue weighted by Crippen LogP contribution is -2.58. The van der Waals surface area contributed by atoms with Crippen molar-refractivity contribution in [2.45, 2.75) is 56.9 Å². The minimum atomic E-state index is -0.129. The number of ether oxygens (including phenoxy) is 1. The van der Waals surface area contributed by atoms with Gasteiger partial charge < -0.3 is 15.4 Å². The lowest BCUT2D eigenvalue weighted by atomic mass is 9.79. The molecule has 0 unspecified atom stereocenters. The van der Waals surface area contributed by atoms with Gasteiger partial charge in [-0.2, -0.15) is 0 Å². The summed E-state index contributed by atoms with van der Waals surface area (Å²) < 4.78 is 5.21. The van der Waals surface area contributed by atoms with Crippen LogP contribution in [0.1, 0.15) is 51.4 Å². The zero-order chi connectivity index (χ0) is 17.5. The molecule has 138 valence electrons. The normalized spacial score (nSPS) is 20.7. The molecule has 5 nitrogen and oxygen atoms in total. The summed E-state index contributed by atoms with van der Waals surface area (Å²) >= 11 is 0. The first kappa shape index (κ1) is 18.1. The van der Waals surface area contributed by atoms with Gasteiger partial charge in [0.05, 0.1) is 7.11 Å². The molecule has 0 spiro atoms. The Hall–Kier alpha value is -1.75. The van der Waals surface area contributed by atoms with Crippen LogP contribution in [0.2, 0.25) is 0 Å². The van der Waals surface area contributed by atoms with E-state index in [9.17, 15) is 4.79 Å². The molecule has 5 heteroatoms. The monoisotopic (exact) mass is 345 g/mol. The second-order valence-corrected chi connectivity index (χ2v) is 7.37. The van der Waals surface area contributed by atoms with Crippen molar-refractivity contribution in [3.8, 4) is 5.75 Å². The van der Waals surface area contributed by atoms with E-state index in [1.807, 2.05) is 24.3 Å². The second-order valence-electron chi connectivity index (χ2n) is 7.37. The third-order valence-corrected chi connectivity index (χ3v) is 5.72. The molecule has 1 aliphatic heterocycles. The fraction of sp³-hybridized carbons (Fsp3) is 0.650. The fourth-order valence-corrected chi connectivity index (χ4v) is 4.30. The molecule has 2 fully saturated rings. The first-order valence-electron chi connectivity index (χ1n) is 9.66. The van der Waals surface area contributed by atoms with Crippen molar-refractivity contribution in [2.75, 3.05) is 32.1 Å². The Morgan fingerprint density at radius 2 is 1.84 bits per heavy atom. The molecule has 25 heavy (non-hydrogen) atoms. The van der Waals surface area contributed by atoms with Crippen molar-refractivity contribution < 1.29 is 9.53 Å². The van der Waals surface area contributed by atoms with E-state index in [0.717, 1.165) is 18.0 Å². The van der Waals surface area contributed by atoms with Gasteiger partial charge in [0.1, 0.15) is 5.75 Å². The van der Waals surface area contributed by atoms with Gasteiger partial charge in [0, 0.05) is 23.8 Å². The number of benzene rings is 1. The number of nitrogens with zero attached hydrogens (tertiary/aromatic N) is 1. The molecule has 2 N–H and O–H groups in total. The van der Waals surface area contributed by atoms with E-state index in [1.165, 1.54) is 64.5 Å². The minimum absolute atomic E-state index is 0.129. The van der Waals surface area contributed by atoms with E-state index in [4.69, 9.17) is 4.74 Å². The predicted octanol–water partition coefficient (Wildman–Crippen LogP) is 4.01. The molecule has 1 saturated heterocycles. The fourth-order valence-electron chi connectivity index (χ4n) is 4.30. The number of piperidine rings is 1. The number of urea groups is 1. The number of hydrogen-bond donors (Lipinski definition) is 2. The van der Waals surface area contributed by atoms with E-state index in [0.29, 0.717) is 0 Å². The predicted molar refractivity (Wildman–Crippen MR) is 101 cm³/mol. The van der Waals surface area contributed by atoms with E-state index < -0.39 is 0 Å². The largest absolute Gasteiger partial charge is 0.497 e. The highest BCUT2D eigenvalue weighted by Crippen LogP contribution is 2.35. The van der Waals surface area contributed by atoms with Crippen molar-refractivity contribution in [1.29, 1.82) is 0 Å². The Labute approximate surface area is 151 Å². The molecule has 1 heterocycles. The summed E-state index contributed by atoms with van der Waals surface area (Å²) in [4.78, 5) is 15.1.